The van der Waals surface area contributed by atoms with Crippen molar-refractivity contribution in [3.63, 3.8) is 0 Å². The van der Waals surface area contributed by atoms with Crippen LogP contribution in [0.1, 0.15) is 24.8 Å². The van der Waals surface area contributed by atoms with Crippen LogP contribution in [0.15, 0.2) is 30.3 Å². The van der Waals surface area contributed by atoms with E-state index in [1.165, 1.54) is 27.4 Å². The molecule has 0 radical (unpaired) electrons. The van der Waals surface area contributed by atoms with E-state index >= 15 is 0 Å². The van der Waals surface area contributed by atoms with Gasteiger partial charge in [0.15, 0.2) is 11.5 Å². The lowest BCUT2D eigenvalue weighted by molar-refractivity contribution is -0.137. The van der Waals surface area contributed by atoms with Crippen molar-refractivity contribution in [2.24, 2.45) is 0 Å². The quantitative estimate of drug-likeness (QED) is 0.816. The van der Waals surface area contributed by atoms with Crippen LogP contribution in [0, 0.1) is 5.82 Å². The second kappa shape index (κ2) is 7.88. The van der Waals surface area contributed by atoms with E-state index < -0.39 is 11.8 Å². The van der Waals surface area contributed by atoms with Gasteiger partial charge in [0.2, 0.25) is 5.75 Å². The minimum atomic E-state index is -0.901. The molecule has 0 spiro atoms. The number of ether oxygens (including phenoxy) is 3. The van der Waals surface area contributed by atoms with Gasteiger partial charge in [-0.15, -0.1) is 0 Å². The normalized spacial score (nSPS) is 11.7. The molecule has 0 heterocycles. The molecular formula is C19H21FO5. The van der Waals surface area contributed by atoms with Crippen molar-refractivity contribution in [3.05, 3.63) is 41.7 Å². The van der Waals surface area contributed by atoms with Crippen molar-refractivity contribution >= 4 is 5.97 Å². The molecule has 5 nitrogen and oxygen atoms in total. The Bertz CT molecular complexity index is 773. The van der Waals surface area contributed by atoms with Gasteiger partial charge in [0.05, 0.1) is 27.8 Å². The van der Waals surface area contributed by atoms with Crippen LogP contribution in [0.25, 0.3) is 11.1 Å². The summed E-state index contributed by atoms with van der Waals surface area (Å²) < 4.78 is 30.5. The molecule has 2 aromatic rings. The van der Waals surface area contributed by atoms with Gasteiger partial charge in [-0.25, -0.2) is 4.39 Å². The molecule has 6 heteroatoms. The topological polar surface area (TPSA) is 65.0 Å². The van der Waals surface area contributed by atoms with Gasteiger partial charge in [0.1, 0.15) is 5.82 Å². The average molecular weight is 348 g/mol. The summed E-state index contributed by atoms with van der Waals surface area (Å²) in [6, 6.07) is 7.93. The van der Waals surface area contributed by atoms with Crippen LogP contribution in [0.2, 0.25) is 0 Å². The fourth-order valence-electron chi connectivity index (χ4n) is 2.75. The molecule has 1 atom stereocenters. The molecule has 0 aliphatic heterocycles. The minimum Gasteiger partial charge on any atom is -0.493 e. The molecule has 1 N–H and O–H groups in total. The molecule has 0 saturated carbocycles. The van der Waals surface area contributed by atoms with Crippen LogP contribution in [0.5, 0.6) is 17.2 Å². The predicted octanol–water partition coefficient (Wildman–Crippen LogP) is 4.10. The summed E-state index contributed by atoms with van der Waals surface area (Å²) in [4.78, 5) is 10.9. The Morgan fingerprint density at radius 2 is 1.72 bits per heavy atom. The van der Waals surface area contributed by atoms with Crippen LogP contribution in [0.3, 0.4) is 0 Å². The zero-order chi connectivity index (χ0) is 18.6. The summed E-state index contributed by atoms with van der Waals surface area (Å²) in [6.45, 7) is 1.79. The first-order valence-corrected chi connectivity index (χ1v) is 7.73. The van der Waals surface area contributed by atoms with Crippen LogP contribution in [-0.2, 0) is 4.79 Å². The third-order valence-electron chi connectivity index (χ3n) is 4.03. The van der Waals surface area contributed by atoms with E-state index in [1.54, 1.807) is 31.2 Å². The Morgan fingerprint density at radius 1 is 1.04 bits per heavy atom. The Hall–Kier alpha value is -2.76. The van der Waals surface area contributed by atoms with Gasteiger partial charge in [-0.2, -0.15) is 0 Å². The van der Waals surface area contributed by atoms with E-state index in [0.717, 1.165) is 5.56 Å². The number of aliphatic carboxylic acids is 1. The lowest BCUT2D eigenvalue weighted by atomic mass is 9.93. The highest BCUT2D eigenvalue weighted by atomic mass is 19.1. The molecule has 0 aliphatic rings. The molecule has 0 amide bonds. The standard InChI is InChI=1S/C19H21FO5/c1-11(9-17(21)22)12-5-7-15(20)14(10-12)13-6-8-16(23-2)19(25-4)18(13)24-3/h5-8,10-11H,9H2,1-4H3,(H,21,22). The maximum atomic E-state index is 14.5. The molecular weight excluding hydrogens is 327 g/mol. The first kappa shape index (κ1) is 18.6. The van der Waals surface area contributed by atoms with E-state index in [0.29, 0.717) is 28.4 Å². The number of methoxy groups -OCH3 is 3. The van der Waals surface area contributed by atoms with Crippen molar-refractivity contribution in [2.75, 3.05) is 21.3 Å². The second-order valence-corrected chi connectivity index (χ2v) is 5.62. The maximum absolute atomic E-state index is 14.5. The predicted molar refractivity (Wildman–Crippen MR) is 92.2 cm³/mol. The molecule has 0 saturated heterocycles. The smallest absolute Gasteiger partial charge is 0.303 e. The third kappa shape index (κ3) is 3.84. The van der Waals surface area contributed by atoms with Gasteiger partial charge in [0, 0.05) is 11.1 Å². The van der Waals surface area contributed by atoms with E-state index in [9.17, 15) is 9.18 Å². The molecule has 0 bridgehead atoms. The van der Waals surface area contributed by atoms with Gasteiger partial charge in [-0.05, 0) is 35.7 Å². The molecule has 1 unspecified atom stereocenters. The maximum Gasteiger partial charge on any atom is 0.303 e. The molecule has 134 valence electrons. The average Bonchev–Trinajstić information content (AvgIpc) is 2.60. The number of rotatable bonds is 7. The van der Waals surface area contributed by atoms with E-state index in [4.69, 9.17) is 19.3 Å². The summed E-state index contributed by atoms with van der Waals surface area (Å²) in [7, 11) is 4.45. The van der Waals surface area contributed by atoms with Gasteiger partial charge < -0.3 is 19.3 Å². The number of halogens is 1. The third-order valence-corrected chi connectivity index (χ3v) is 4.03. The highest BCUT2D eigenvalue weighted by Crippen LogP contribution is 2.45. The summed E-state index contributed by atoms with van der Waals surface area (Å²) in [5, 5.41) is 8.97. The van der Waals surface area contributed by atoms with Crippen LogP contribution < -0.4 is 14.2 Å². The highest BCUT2D eigenvalue weighted by molar-refractivity contribution is 5.77. The molecule has 2 rings (SSSR count). The van der Waals surface area contributed by atoms with Crippen LogP contribution in [-0.4, -0.2) is 32.4 Å². The fraction of sp³-hybridized carbons (Fsp3) is 0.316. The highest BCUT2D eigenvalue weighted by Gasteiger charge is 2.20. The van der Waals surface area contributed by atoms with Gasteiger partial charge in [-0.1, -0.05) is 13.0 Å². The Labute approximate surface area is 146 Å². The zero-order valence-electron chi connectivity index (χ0n) is 14.6. The van der Waals surface area contributed by atoms with E-state index in [2.05, 4.69) is 0 Å². The number of carboxylic acids is 1. The van der Waals surface area contributed by atoms with Crippen molar-refractivity contribution in [2.45, 2.75) is 19.3 Å². The first-order valence-electron chi connectivity index (χ1n) is 7.73. The summed E-state index contributed by atoms with van der Waals surface area (Å²) in [5.41, 5.74) is 1.55. The number of carbonyl (C=O) groups is 1. The number of hydrogen-bond donors (Lipinski definition) is 1. The van der Waals surface area contributed by atoms with Crippen LogP contribution in [0.4, 0.5) is 4.39 Å². The molecule has 2 aromatic carbocycles. The van der Waals surface area contributed by atoms with Gasteiger partial charge in [-0.3, -0.25) is 4.79 Å². The Morgan fingerprint density at radius 3 is 2.28 bits per heavy atom. The second-order valence-electron chi connectivity index (χ2n) is 5.62. The molecule has 25 heavy (non-hydrogen) atoms. The number of benzene rings is 2. The van der Waals surface area contributed by atoms with Crippen molar-refractivity contribution < 1.29 is 28.5 Å². The fourth-order valence-corrected chi connectivity index (χ4v) is 2.75. The number of carboxylic acid groups (broad SMARTS) is 1. The van der Waals surface area contributed by atoms with Crippen molar-refractivity contribution in [1.29, 1.82) is 0 Å². The summed E-state index contributed by atoms with van der Waals surface area (Å²) in [6.07, 6.45) is -0.0336. The summed E-state index contributed by atoms with van der Waals surface area (Å²) in [5.74, 6) is -0.393. The summed E-state index contributed by atoms with van der Waals surface area (Å²) >= 11 is 0. The van der Waals surface area contributed by atoms with Crippen molar-refractivity contribution in [3.8, 4) is 28.4 Å². The van der Waals surface area contributed by atoms with Gasteiger partial charge in [0.25, 0.3) is 0 Å². The lowest BCUT2D eigenvalue weighted by Crippen LogP contribution is -2.04. The molecule has 0 aromatic heterocycles. The van der Waals surface area contributed by atoms with Crippen LogP contribution >= 0.6 is 0 Å². The number of hydrogen-bond acceptors (Lipinski definition) is 4. The Kier molecular flexibility index (Phi) is 5.85. The molecule has 0 fully saturated rings. The van der Waals surface area contributed by atoms with Gasteiger partial charge >= 0.3 is 5.97 Å². The first-order chi connectivity index (χ1) is 11.9. The molecule has 0 aliphatic carbocycles. The van der Waals surface area contributed by atoms with E-state index in [-0.39, 0.29) is 12.3 Å². The minimum absolute atomic E-state index is 0.0336. The SMILES string of the molecule is COc1ccc(-c2cc(C(C)CC(=O)O)ccc2F)c(OC)c1OC. The Balaban J connectivity index is 2.60. The van der Waals surface area contributed by atoms with Crippen molar-refractivity contribution in [1.82, 2.24) is 0 Å². The largest absolute Gasteiger partial charge is 0.493 e. The zero-order valence-corrected chi connectivity index (χ0v) is 14.6. The monoisotopic (exact) mass is 348 g/mol. The lowest BCUT2D eigenvalue weighted by Gasteiger charge is -2.17. The van der Waals surface area contributed by atoms with E-state index in [1.807, 2.05) is 0 Å².